The quantitative estimate of drug-likeness (QED) is 0.523. The SMILES string of the molecule is COC(=O)c1cc(F)ccc1O.O=[N+]([O-])c1ccccc1F. The number of rotatable bonds is 2. The zero-order chi connectivity index (χ0) is 16.7. The number of phenols is 1. The summed E-state index contributed by atoms with van der Waals surface area (Å²) in [6, 6.07) is 8.07. The van der Waals surface area contributed by atoms with E-state index in [1.807, 2.05) is 0 Å². The van der Waals surface area contributed by atoms with Gasteiger partial charge in [0.25, 0.3) is 0 Å². The lowest BCUT2D eigenvalue weighted by molar-refractivity contribution is -0.387. The molecule has 6 nitrogen and oxygen atoms in total. The number of aromatic hydroxyl groups is 1. The van der Waals surface area contributed by atoms with Crippen LogP contribution in [0, 0.1) is 21.7 Å². The highest BCUT2D eigenvalue weighted by Crippen LogP contribution is 2.18. The molecule has 0 saturated carbocycles. The van der Waals surface area contributed by atoms with Crippen molar-refractivity contribution in [2.45, 2.75) is 0 Å². The first kappa shape index (κ1) is 17.0. The van der Waals surface area contributed by atoms with Crippen LogP contribution < -0.4 is 0 Å². The monoisotopic (exact) mass is 311 g/mol. The first-order valence-corrected chi connectivity index (χ1v) is 5.82. The standard InChI is InChI=1S/C8H7FO3.C6H4FNO2/c1-12-8(11)6-4-5(9)2-3-7(6)10;7-5-3-1-2-4-6(5)8(9)10/h2-4,10H,1H3;1-4H. The number of ether oxygens (including phenoxy) is 1. The van der Waals surface area contributed by atoms with Gasteiger partial charge in [-0.3, -0.25) is 10.1 Å². The van der Waals surface area contributed by atoms with E-state index in [0.717, 1.165) is 37.4 Å². The van der Waals surface area contributed by atoms with Gasteiger partial charge in [-0.25, -0.2) is 9.18 Å². The lowest BCUT2D eigenvalue weighted by Crippen LogP contribution is -2.01. The Balaban J connectivity index is 0.000000224. The number of carbonyl (C=O) groups excluding carboxylic acids is 1. The van der Waals surface area contributed by atoms with E-state index in [4.69, 9.17) is 5.11 Å². The fraction of sp³-hybridized carbons (Fsp3) is 0.0714. The molecule has 0 aromatic heterocycles. The van der Waals surface area contributed by atoms with Gasteiger partial charge in [-0.15, -0.1) is 0 Å². The molecule has 8 heteroatoms. The number of methoxy groups -OCH3 is 1. The predicted molar refractivity (Wildman–Crippen MR) is 72.5 cm³/mol. The summed E-state index contributed by atoms with van der Waals surface area (Å²) in [6.07, 6.45) is 0. The third-order valence-electron chi connectivity index (χ3n) is 2.41. The molecule has 0 aliphatic carbocycles. The number of nitrogens with zero attached hydrogens (tertiary/aromatic N) is 1. The first-order valence-electron chi connectivity index (χ1n) is 5.82. The molecule has 0 aliphatic rings. The van der Waals surface area contributed by atoms with Gasteiger partial charge < -0.3 is 9.84 Å². The van der Waals surface area contributed by atoms with Crippen LogP contribution in [0.3, 0.4) is 0 Å². The maximum Gasteiger partial charge on any atom is 0.341 e. The Labute approximate surface area is 123 Å². The highest BCUT2D eigenvalue weighted by Gasteiger charge is 2.11. The number of carbonyl (C=O) groups is 1. The minimum absolute atomic E-state index is 0.169. The van der Waals surface area contributed by atoms with Crippen molar-refractivity contribution in [3.05, 3.63) is 69.8 Å². The molecular weight excluding hydrogens is 300 g/mol. The zero-order valence-electron chi connectivity index (χ0n) is 11.3. The molecule has 2 aromatic carbocycles. The molecule has 0 fully saturated rings. The van der Waals surface area contributed by atoms with E-state index < -0.39 is 28.2 Å². The second kappa shape index (κ2) is 7.67. The number of nitro benzene ring substituents is 1. The highest BCUT2D eigenvalue weighted by atomic mass is 19.1. The van der Waals surface area contributed by atoms with Crippen LogP contribution in [-0.4, -0.2) is 23.1 Å². The number of benzene rings is 2. The van der Waals surface area contributed by atoms with Crippen LogP contribution in [0.25, 0.3) is 0 Å². The van der Waals surface area contributed by atoms with E-state index in [1.165, 1.54) is 12.1 Å². The summed E-state index contributed by atoms with van der Waals surface area (Å²) in [7, 11) is 1.16. The molecule has 0 bridgehead atoms. The Morgan fingerprint density at radius 1 is 1.23 bits per heavy atom. The van der Waals surface area contributed by atoms with E-state index in [1.54, 1.807) is 0 Å². The zero-order valence-corrected chi connectivity index (χ0v) is 11.3. The Kier molecular flexibility index (Phi) is 5.94. The van der Waals surface area contributed by atoms with Crippen LogP contribution >= 0.6 is 0 Å². The molecule has 0 aliphatic heterocycles. The summed E-state index contributed by atoms with van der Waals surface area (Å²) in [5.41, 5.74) is -0.653. The molecule has 22 heavy (non-hydrogen) atoms. The molecule has 1 N–H and O–H groups in total. The van der Waals surface area contributed by atoms with E-state index in [0.29, 0.717) is 0 Å². The molecule has 0 heterocycles. The number of hydrogen-bond acceptors (Lipinski definition) is 5. The van der Waals surface area contributed by atoms with Gasteiger partial charge in [0.05, 0.1) is 12.0 Å². The van der Waals surface area contributed by atoms with Crippen molar-refractivity contribution in [2.24, 2.45) is 0 Å². The van der Waals surface area contributed by atoms with Crippen molar-refractivity contribution < 1.29 is 28.3 Å². The van der Waals surface area contributed by atoms with Crippen molar-refractivity contribution in [3.8, 4) is 5.75 Å². The van der Waals surface area contributed by atoms with Gasteiger partial charge in [-0.05, 0) is 24.3 Å². The van der Waals surface area contributed by atoms with Crippen LogP contribution in [0.1, 0.15) is 10.4 Å². The van der Waals surface area contributed by atoms with Gasteiger partial charge in [-0.2, -0.15) is 4.39 Å². The summed E-state index contributed by atoms with van der Waals surface area (Å²) in [6.45, 7) is 0. The fourth-order valence-electron chi connectivity index (χ4n) is 1.38. The predicted octanol–water partition coefficient (Wildman–Crippen LogP) is 3.05. The summed E-state index contributed by atoms with van der Waals surface area (Å²) < 4.78 is 29.2. The van der Waals surface area contributed by atoms with Crippen molar-refractivity contribution in [1.29, 1.82) is 0 Å². The first-order chi connectivity index (χ1) is 10.4. The minimum Gasteiger partial charge on any atom is -0.507 e. The normalized spacial score (nSPS) is 9.41. The van der Waals surface area contributed by atoms with Crippen LogP contribution in [0.5, 0.6) is 5.75 Å². The van der Waals surface area contributed by atoms with Gasteiger partial charge in [0.15, 0.2) is 0 Å². The fourth-order valence-corrected chi connectivity index (χ4v) is 1.38. The van der Waals surface area contributed by atoms with Crippen LogP contribution in [0.2, 0.25) is 0 Å². The van der Waals surface area contributed by atoms with Crippen LogP contribution in [0.15, 0.2) is 42.5 Å². The van der Waals surface area contributed by atoms with Gasteiger partial charge in [0, 0.05) is 6.07 Å². The topological polar surface area (TPSA) is 89.7 Å². The third kappa shape index (κ3) is 4.51. The highest BCUT2D eigenvalue weighted by molar-refractivity contribution is 5.92. The lowest BCUT2D eigenvalue weighted by atomic mass is 10.2. The molecule has 0 saturated heterocycles. The minimum atomic E-state index is -0.799. The molecule has 0 spiro atoms. The Morgan fingerprint density at radius 3 is 2.36 bits per heavy atom. The second-order valence-electron chi connectivity index (χ2n) is 3.86. The Hall–Kier alpha value is -3.03. The summed E-state index contributed by atoms with van der Waals surface area (Å²) >= 11 is 0. The van der Waals surface area contributed by atoms with Gasteiger partial charge >= 0.3 is 11.7 Å². The molecule has 2 rings (SSSR count). The van der Waals surface area contributed by atoms with Gasteiger partial charge in [0.2, 0.25) is 5.82 Å². The Morgan fingerprint density at radius 2 is 1.86 bits per heavy atom. The second-order valence-corrected chi connectivity index (χ2v) is 3.86. The van der Waals surface area contributed by atoms with E-state index >= 15 is 0 Å². The number of esters is 1. The maximum atomic E-state index is 12.5. The molecule has 2 aromatic rings. The largest absolute Gasteiger partial charge is 0.507 e. The number of halogens is 2. The molecule has 0 unspecified atom stereocenters. The van der Waals surface area contributed by atoms with E-state index in [2.05, 4.69) is 4.74 Å². The van der Waals surface area contributed by atoms with Crippen molar-refractivity contribution in [3.63, 3.8) is 0 Å². The van der Waals surface area contributed by atoms with Crippen LogP contribution in [-0.2, 0) is 4.74 Å². The molecule has 0 radical (unpaired) electrons. The molecule has 0 amide bonds. The van der Waals surface area contributed by atoms with Gasteiger partial charge in [-0.1, -0.05) is 12.1 Å². The smallest absolute Gasteiger partial charge is 0.341 e. The number of hydrogen-bond donors (Lipinski definition) is 1. The maximum absolute atomic E-state index is 12.5. The molecular formula is C14H11F2NO5. The summed E-state index contributed by atoms with van der Waals surface area (Å²) in [5, 5.41) is 19.1. The number of phenolic OH excluding ortho intramolecular Hbond substituents is 1. The van der Waals surface area contributed by atoms with Crippen molar-refractivity contribution in [2.75, 3.05) is 7.11 Å². The number of nitro groups is 1. The Bertz CT molecular complexity index is 691. The van der Waals surface area contributed by atoms with E-state index in [-0.39, 0.29) is 11.3 Å². The third-order valence-corrected chi connectivity index (χ3v) is 2.41. The molecule has 0 atom stereocenters. The summed E-state index contributed by atoms with van der Waals surface area (Å²) in [4.78, 5) is 20.1. The summed E-state index contributed by atoms with van der Waals surface area (Å²) in [5.74, 6) is -2.43. The van der Waals surface area contributed by atoms with Gasteiger partial charge in [0.1, 0.15) is 17.1 Å². The molecule has 116 valence electrons. The van der Waals surface area contributed by atoms with E-state index in [9.17, 15) is 23.7 Å². The van der Waals surface area contributed by atoms with Crippen molar-refractivity contribution >= 4 is 11.7 Å². The lowest BCUT2D eigenvalue weighted by Gasteiger charge is -2.01. The van der Waals surface area contributed by atoms with Crippen molar-refractivity contribution in [1.82, 2.24) is 0 Å². The average Bonchev–Trinajstić information content (AvgIpc) is 2.49. The average molecular weight is 311 g/mol. The number of para-hydroxylation sites is 1. The van der Waals surface area contributed by atoms with Crippen LogP contribution in [0.4, 0.5) is 14.5 Å².